The molecule has 0 bridgehead atoms. The van der Waals surface area contributed by atoms with E-state index in [2.05, 4.69) is 4.90 Å². The van der Waals surface area contributed by atoms with Gasteiger partial charge < -0.3 is 9.15 Å². The minimum absolute atomic E-state index is 0.314. The molecule has 0 spiro atoms. The highest BCUT2D eigenvalue weighted by Crippen LogP contribution is 2.30. The number of oxazole rings is 1. The third-order valence-corrected chi connectivity index (χ3v) is 4.77. The molecule has 2 fully saturated rings. The van der Waals surface area contributed by atoms with Gasteiger partial charge in [0.15, 0.2) is 5.58 Å². The largest absolute Gasteiger partial charge is 0.421 e. The molecule has 1 saturated carbocycles. The van der Waals surface area contributed by atoms with Gasteiger partial charge in [0.05, 0.1) is 18.8 Å². The highest BCUT2D eigenvalue weighted by atomic mass is 35.5. The second kappa shape index (κ2) is 5.72. The zero-order valence-electron chi connectivity index (χ0n) is 12.3. The van der Waals surface area contributed by atoms with Crippen LogP contribution in [0.3, 0.4) is 0 Å². The van der Waals surface area contributed by atoms with E-state index < -0.39 is 0 Å². The Morgan fingerprint density at radius 3 is 2.91 bits per heavy atom. The molecule has 6 heteroatoms. The third-order valence-electron chi connectivity index (χ3n) is 4.53. The monoisotopic (exact) mass is 322 g/mol. The Morgan fingerprint density at radius 2 is 2.18 bits per heavy atom. The smallest absolute Gasteiger partial charge is 0.408 e. The first-order chi connectivity index (χ1) is 10.7. The van der Waals surface area contributed by atoms with Crippen LogP contribution in [0.25, 0.3) is 11.1 Å². The maximum absolute atomic E-state index is 12.2. The van der Waals surface area contributed by atoms with E-state index in [1.807, 2.05) is 6.07 Å². The average molecular weight is 323 g/mol. The fourth-order valence-corrected chi connectivity index (χ4v) is 3.34. The Labute approximate surface area is 133 Å². The van der Waals surface area contributed by atoms with Crippen LogP contribution in [-0.2, 0) is 11.4 Å². The van der Waals surface area contributed by atoms with E-state index in [0.29, 0.717) is 29.2 Å². The number of halogens is 1. The molecule has 1 saturated heterocycles. The Hall–Kier alpha value is -1.30. The van der Waals surface area contributed by atoms with Gasteiger partial charge in [-0.1, -0.05) is 11.6 Å². The number of ether oxygens (including phenoxy) is 1. The number of rotatable bonds is 5. The van der Waals surface area contributed by atoms with Crippen LogP contribution in [0.15, 0.2) is 27.4 Å². The van der Waals surface area contributed by atoms with Gasteiger partial charge in [-0.3, -0.25) is 9.47 Å². The summed E-state index contributed by atoms with van der Waals surface area (Å²) in [5.41, 5.74) is 1.36. The molecule has 22 heavy (non-hydrogen) atoms. The van der Waals surface area contributed by atoms with Crippen molar-refractivity contribution in [2.45, 2.75) is 32.0 Å². The van der Waals surface area contributed by atoms with Crippen LogP contribution in [0.1, 0.15) is 19.3 Å². The van der Waals surface area contributed by atoms with Crippen molar-refractivity contribution in [2.24, 2.45) is 5.92 Å². The normalized spacial score (nSPS) is 22.0. The molecule has 5 nitrogen and oxygen atoms in total. The Balaban J connectivity index is 1.60. The maximum Gasteiger partial charge on any atom is 0.421 e. The molecular formula is C16H19ClN2O3. The van der Waals surface area contributed by atoms with Gasteiger partial charge in [-0.2, -0.15) is 0 Å². The topological polar surface area (TPSA) is 47.6 Å². The number of hydrogen-bond acceptors (Lipinski definition) is 4. The molecule has 0 amide bonds. The molecular weight excluding hydrogens is 304 g/mol. The predicted molar refractivity (Wildman–Crippen MR) is 84.1 cm³/mol. The van der Waals surface area contributed by atoms with Crippen molar-refractivity contribution in [1.29, 1.82) is 0 Å². The van der Waals surface area contributed by atoms with Crippen molar-refractivity contribution >= 4 is 22.7 Å². The van der Waals surface area contributed by atoms with E-state index in [4.69, 9.17) is 20.8 Å². The van der Waals surface area contributed by atoms with Crippen LogP contribution < -0.4 is 5.76 Å². The van der Waals surface area contributed by atoms with Crippen LogP contribution >= 0.6 is 11.6 Å². The quantitative estimate of drug-likeness (QED) is 0.849. The molecule has 1 aromatic carbocycles. The molecule has 0 N–H and O–H groups in total. The molecule has 1 aromatic heterocycles. The van der Waals surface area contributed by atoms with Crippen LogP contribution in [0.5, 0.6) is 0 Å². The van der Waals surface area contributed by atoms with E-state index in [9.17, 15) is 4.79 Å². The summed E-state index contributed by atoms with van der Waals surface area (Å²) in [4.78, 5) is 14.6. The van der Waals surface area contributed by atoms with Crippen molar-refractivity contribution in [1.82, 2.24) is 9.47 Å². The molecule has 2 aromatic rings. The summed E-state index contributed by atoms with van der Waals surface area (Å²) in [6.45, 7) is 3.25. The van der Waals surface area contributed by atoms with Crippen LogP contribution in [-0.4, -0.2) is 35.3 Å². The van der Waals surface area contributed by atoms with Crippen molar-refractivity contribution in [3.8, 4) is 0 Å². The van der Waals surface area contributed by atoms with Crippen molar-refractivity contribution < 1.29 is 9.15 Å². The van der Waals surface area contributed by atoms with Crippen molar-refractivity contribution in [3.63, 3.8) is 0 Å². The number of aromatic nitrogens is 1. The van der Waals surface area contributed by atoms with E-state index in [1.54, 1.807) is 16.7 Å². The van der Waals surface area contributed by atoms with E-state index in [1.165, 1.54) is 12.8 Å². The number of hydrogen-bond donors (Lipinski definition) is 0. The third kappa shape index (κ3) is 2.81. The minimum Gasteiger partial charge on any atom is -0.408 e. The van der Waals surface area contributed by atoms with Gasteiger partial charge in [0.1, 0.15) is 0 Å². The first kappa shape index (κ1) is 14.3. The second-order valence-electron chi connectivity index (χ2n) is 6.28. The Bertz CT molecular complexity index is 729. The summed E-state index contributed by atoms with van der Waals surface area (Å²) in [5.74, 6) is 0.259. The first-order valence-corrected chi connectivity index (χ1v) is 8.19. The second-order valence-corrected chi connectivity index (χ2v) is 6.72. The lowest BCUT2D eigenvalue weighted by Crippen LogP contribution is -2.36. The van der Waals surface area contributed by atoms with Crippen molar-refractivity contribution in [3.05, 3.63) is 33.8 Å². The Kier molecular flexibility index (Phi) is 3.72. The highest BCUT2D eigenvalue weighted by molar-refractivity contribution is 6.31. The van der Waals surface area contributed by atoms with Gasteiger partial charge in [0.25, 0.3) is 0 Å². The summed E-state index contributed by atoms with van der Waals surface area (Å²) in [7, 11) is 0. The highest BCUT2D eigenvalue weighted by Gasteiger charge is 2.32. The lowest BCUT2D eigenvalue weighted by atomic mass is 10.1. The molecule has 0 unspecified atom stereocenters. The Morgan fingerprint density at radius 1 is 1.32 bits per heavy atom. The maximum atomic E-state index is 12.2. The fourth-order valence-electron chi connectivity index (χ4n) is 3.18. The summed E-state index contributed by atoms with van der Waals surface area (Å²) >= 11 is 5.96. The van der Waals surface area contributed by atoms with Crippen LogP contribution in [0.4, 0.5) is 0 Å². The van der Waals surface area contributed by atoms with Gasteiger partial charge in [-0.25, -0.2) is 4.79 Å². The van der Waals surface area contributed by atoms with E-state index in [-0.39, 0.29) is 5.76 Å². The fraction of sp³-hybridized carbons (Fsp3) is 0.562. The van der Waals surface area contributed by atoms with Gasteiger partial charge in [0.2, 0.25) is 0 Å². The molecule has 1 atom stereocenters. The van der Waals surface area contributed by atoms with Crippen LogP contribution in [0, 0.1) is 5.92 Å². The predicted octanol–water partition coefficient (Wildman–Crippen LogP) is 2.71. The average Bonchev–Trinajstić information content (AvgIpc) is 3.13. The summed E-state index contributed by atoms with van der Waals surface area (Å²) in [5, 5.41) is 0.579. The van der Waals surface area contributed by atoms with Gasteiger partial charge in [-0.05, 0) is 37.3 Å². The zero-order valence-corrected chi connectivity index (χ0v) is 13.1. The first-order valence-electron chi connectivity index (χ1n) is 7.81. The van der Waals surface area contributed by atoms with Gasteiger partial charge >= 0.3 is 5.76 Å². The standard InChI is InChI=1S/C16H19ClN2O3/c17-12-1-4-14-15(7-12)22-16(20)19(14)10-18(13-2-3-13)8-11-5-6-21-9-11/h1,4,7,11,13H,2-3,5-6,8-10H2/t11-/m0/s1. The van der Waals surface area contributed by atoms with Gasteiger partial charge in [0, 0.05) is 30.3 Å². The molecule has 4 rings (SSSR count). The number of benzene rings is 1. The molecule has 2 heterocycles. The van der Waals surface area contributed by atoms with Crippen molar-refractivity contribution in [2.75, 3.05) is 19.8 Å². The molecule has 2 aliphatic rings. The SMILES string of the molecule is O=c1oc2cc(Cl)ccc2n1CN(C[C@@H]1CCOC1)C1CC1. The zero-order chi connectivity index (χ0) is 15.1. The summed E-state index contributed by atoms with van der Waals surface area (Å²) in [6.07, 6.45) is 3.54. The summed E-state index contributed by atoms with van der Waals surface area (Å²) < 4.78 is 12.5. The molecule has 1 aliphatic carbocycles. The van der Waals surface area contributed by atoms with E-state index >= 15 is 0 Å². The number of nitrogens with zero attached hydrogens (tertiary/aromatic N) is 2. The summed E-state index contributed by atoms with van der Waals surface area (Å²) in [6, 6.07) is 5.93. The molecule has 0 radical (unpaired) electrons. The lowest BCUT2D eigenvalue weighted by Gasteiger charge is -2.24. The molecule has 118 valence electrons. The minimum atomic E-state index is -0.314. The van der Waals surface area contributed by atoms with Gasteiger partial charge in [-0.15, -0.1) is 0 Å². The lowest BCUT2D eigenvalue weighted by molar-refractivity contribution is 0.145. The number of fused-ring (bicyclic) bond motifs is 1. The van der Waals surface area contributed by atoms with Crippen LogP contribution in [0.2, 0.25) is 5.02 Å². The molecule has 1 aliphatic heterocycles. The van der Waals surface area contributed by atoms with E-state index in [0.717, 1.165) is 31.7 Å².